The minimum absolute atomic E-state index is 0.212. The van der Waals surface area contributed by atoms with Crippen LogP contribution in [0.4, 0.5) is 4.79 Å². The maximum Gasteiger partial charge on any atom is 0.410 e. The van der Waals surface area contributed by atoms with Crippen molar-refractivity contribution in [2.24, 2.45) is 17.8 Å². The molecule has 3 atom stereocenters. The van der Waals surface area contributed by atoms with E-state index in [2.05, 4.69) is 23.6 Å². The maximum atomic E-state index is 12.2. The maximum absolute atomic E-state index is 12.2. The van der Waals surface area contributed by atoms with Gasteiger partial charge in [-0.25, -0.2) is 4.79 Å². The lowest BCUT2D eigenvalue weighted by Gasteiger charge is -2.37. The summed E-state index contributed by atoms with van der Waals surface area (Å²) < 4.78 is 11.3. The topological polar surface area (TPSA) is 62.2 Å². The number of hydrogen-bond donors (Lipinski definition) is 1. The first-order valence-corrected chi connectivity index (χ1v) is 13.7. The molecular formula is C29H48N2O4. The Morgan fingerprint density at radius 2 is 1.89 bits per heavy atom. The number of carbonyl (C=O) groups excluding carboxylic acids is 1. The number of aliphatic hydroxyl groups is 1. The molecule has 2 heterocycles. The lowest BCUT2D eigenvalue weighted by Crippen LogP contribution is -2.44. The first-order valence-electron chi connectivity index (χ1n) is 13.7. The number of rotatable bonds is 9. The van der Waals surface area contributed by atoms with E-state index in [4.69, 9.17) is 9.47 Å². The molecular weight excluding hydrogens is 440 g/mol. The molecule has 35 heavy (non-hydrogen) atoms. The first kappa shape index (κ1) is 27.8. The number of piperidine rings is 2. The van der Waals surface area contributed by atoms with Crippen molar-refractivity contribution >= 4 is 6.09 Å². The van der Waals surface area contributed by atoms with Crippen LogP contribution in [0.3, 0.4) is 0 Å². The van der Waals surface area contributed by atoms with Crippen molar-refractivity contribution in [3.05, 3.63) is 36.6 Å². The van der Waals surface area contributed by atoms with Gasteiger partial charge in [0.2, 0.25) is 0 Å². The van der Waals surface area contributed by atoms with Crippen LogP contribution in [0, 0.1) is 17.8 Å². The molecule has 2 aliphatic heterocycles. The third-order valence-corrected chi connectivity index (χ3v) is 7.61. The van der Waals surface area contributed by atoms with Crippen LogP contribution in [0.1, 0.15) is 78.6 Å². The molecule has 0 spiro atoms. The van der Waals surface area contributed by atoms with Crippen molar-refractivity contribution in [3.63, 3.8) is 0 Å². The summed E-state index contributed by atoms with van der Waals surface area (Å²) in [5.41, 5.74) is 0.996. The highest BCUT2D eigenvalue weighted by Crippen LogP contribution is 2.33. The fraction of sp³-hybridized carbons (Fsp3) is 0.759. The Hall–Kier alpha value is -1.79. The van der Waals surface area contributed by atoms with Crippen molar-refractivity contribution in [2.75, 3.05) is 32.8 Å². The predicted molar refractivity (Wildman–Crippen MR) is 141 cm³/mol. The summed E-state index contributed by atoms with van der Waals surface area (Å²) in [6.45, 7) is 14.0. The van der Waals surface area contributed by atoms with Crippen LogP contribution in [0.25, 0.3) is 0 Å². The van der Waals surface area contributed by atoms with Crippen LogP contribution in [-0.2, 0) is 9.47 Å². The quantitative estimate of drug-likeness (QED) is 0.324. The summed E-state index contributed by atoms with van der Waals surface area (Å²) in [6, 6.07) is 0. The molecule has 2 saturated heterocycles. The Morgan fingerprint density at radius 1 is 1.17 bits per heavy atom. The highest BCUT2D eigenvalue weighted by atomic mass is 16.6. The second-order valence-electron chi connectivity index (χ2n) is 11.5. The number of nitrogens with zero attached hydrogens (tertiary/aromatic N) is 2. The number of carbonyl (C=O) groups is 1. The fourth-order valence-electron chi connectivity index (χ4n) is 5.43. The molecule has 3 aliphatic rings. The molecule has 0 aromatic carbocycles. The second-order valence-corrected chi connectivity index (χ2v) is 11.5. The van der Waals surface area contributed by atoms with E-state index in [1.54, 1.807) is 4.90 Å². The SMILES string of the molecule is C=C[C@@H](C/C=C/OCC1CCN(C(=O)OC(C)(C)C)CC1)C1=CCC(C(O)N2CCCCC2)CC1. The smallest absolute Gasteiger partial charge is 0.410 e. The van der Waals surface area contributed by atoms with Crippen LogP contribution in [0.2, 0.25) is 0 Å². The van der Waals surface area contributed by atoms with Crippen LogP contribution < -0.4 is 0 Å². The van der Waals surface area contributed by atoms with Crippen molar-refractivity contribution in [1.29, 1.82) is 0 Å². The zero-order chi connectivity index (χ0) is 25.3. The van der Waals surface area contributed by atoms with Crippen LogP contribution >= 0.6 is 0 Å². The summed E-state index contributed by atoms with van der Waals surface area (Å²) in [5.74, 6) is 1.15. The Balaban J connectivity index is 1.34. The van der Waals surface area contributed by atoms with Gasteiger partial charge in [-0.15, -0.1) is 6.58 Å². The van der Waals surface area contributed by atoms with E-state index >= 15 is 0 Å². The molecule has 0 aromatic heterocycles. The Labute approximate surface area is 213 Å². The molecule has 1 amide bonds. The molecule has 0 bridgehead atoms. The molecule has 6 heteroatoms. The zero-order valence-corrected chi connectivity index (χ0v) is 22.3. The van der Waals surface area contributed by atoms with E-state index < -0.39 is 5.60 Å². The summed E-state index contributed by atoms with van der Waals surface area (Å²) in [5, 5.41) is 10.8. The van der Waals surface area contributed by atoms with Crippen molar-refractivity contribution in [1.82, 2.24) is 9.80 Å². The zero-order valence-electron chi connectivity index (χ0n) is 22.3. The fourth-order valence-corrected chi connectivity index (χ4v) is 5.43. The lowest BCUT2D eigenvalue weighted by atomic mass is 9.81. The highest BCUT2D eigenvalue weighted by Gasteiger charge is 2.29. The molecule has 6 nitrogen and oxygen atoms in total. The van der Waals surface area contributed by atoms with Gasteiger partial charge in [0.1, 0.15) is 11.8 Å². The van der Waals surface area contributed by atoms with Gasteiger partial charge in [0.25, 0.3) is 0 Å². The molecule has 2 fully saturated rings. The third-order valence-electron chi connectivity index (χ3n) is 7.61. The van der Waals surface area contributed by atoms with Crippen molar-refractivity contribution in [3.8, 4) is 0 Å². The number of allylic oxidation sites excluding steroid dienone is 4. The molecule has 2 unspecified atom stereocenters. The molecule has 3 rings (SSSR count). The normalized spacial score (nSPS) is 24.6. The largest absolute Gasteiger partial charge is 0.501 e. The minimum Gasteiger partial charge on any atom is -0.501 e. The van der Waals surface area contributed by atoms with Gasteiger partial charge in [-0.3, -0.25) is 4.90 Å². The van der Waals surface area contributed by atoms with Gasteiger partial charge in [-0.1, -0.05) is 24.1 Å². The number of aliphatic hydroxyl groups excluding tert-OH is 1. The van der Waals surface area contributed by atoms with E-state index in [9.17, 15) is 9.90 Å². The third kappa shape index (κ3) is 8.98. The van der Waals surface area contributed by atoms with Gasteiger partial charge in [-0.05, 0) is 84.1 Å². The summed E-state index contributed by atoms with van der Waals surface area (Å²) in [6.07, 6.45) is 17.4. The van der Waals surface area contributed by atoms with Gasteiger partial charge in [0.15, 0.2) is 0 Å². The molecule has 1 aliphatic carbocycles. The molecule has 0 radical (unpaired) electrons. The summed E-state index contributed by atoms with van der Waals surface area (Å²) in [4.78, 5) is 16.3. The minimum atomic E-state index is -0.450. The number of amides is 1. The van der Waals surface area contributed by atoms with Crippen LogP contribution in [0.5, 0.6) is 0 Å². The van der Waals surface area contributed by atoms with Gasteiger partial charge < -0.3 is 19.5 Å². The molecule has 198 valence electrons. The van der Waals surface area contributed by atoms with Gasteiger partial charge in [-0.2, -0.15) is 0 Å². The van der Waals surface area contributed by atoms with Crippen LogP contribution in [-0.4, -0.2) is 65.6 Å². The summed E-state index contributed by atoms with van der Waals surface area (Å²) >= 11 is 0. The van der Waals surface area contributed by atoms with Crippen molar-refractivity contribution in [2.45, 2.75) is 90.4 Å². The monoisotopic (exact) mass is 488 g/mol. The van der Waals surface area contributed by atoms with E-state index in [1.807, 2.05) is 33.1 Å². The second kappa shape index (κ2) is 13.5. The molecule has 0 aromatic rings. The number of hydrogen-bond acceptors (Lipinski definition) is 5. The van der Waals surface area contributed by atoms with E-state index in [1.165, 1.54) is 24.8 Å². The van der Waals surface area contributed by atoms with Gasteiger partial charge in [0, 0.05) is 38.0 Å². The predicted octanol–water partition coefficient (Wildman–Crippen LogP) is 5.89. The number of ether oxygens (including phenoxy) is 2. The Kier molecular flexibility index (Phi) is 10.7. The Bertz CT molecular complexity index is 727. The van der Waals surface area contributed by atoms with E-state index in [0.717, 1.165) is 64.7 Å². The van der Waals surface area contributed by atoms with Crippen molar-refractivity contribution < 1.29 is 19.4 Å². The van der Waals surface area contributed by atoms with E-state index in [-0.39, 0.29) is 12.3 Å². The average Bonchev–Trinajstić information content (AvgIpc) is 2.86. The highest BCUT2D eigenvalue weighted by molar-refractivity contribution is 5.68. The van der Waals surface area contributed by atoms with Gasteiger partial charge >= 0.3 is 6.09 Å². The Morgan fingerprint density at radius 3 is 2.49 bits per heavy atom. The molecule has 0 saturated carbocycles. The number of likely N-dealkylation sites (tertiary alicyclic amines) is 2. The average molecular weight is 489 g/mol. The molecule has 1 N–H and O–H groups in total. The standard InChI is InChI=1S/C29H48N2O4/c1-5-24(25-11-13-26(14-12-25)27(32)30-17-7-6-8-18-30)10-9-21-34-22-23-15-19-31(20-16-23)28(33)35-29(2,3)4/h5,9,11,21,23-24,26-27,32H,1,6-8,10,12-20,22H2,2-4H3/b21-9+/t24-,26?,27?/m0/s1. The van der Waals surface area contributed by atoms with Crippen LogP contribution in [0.15, 0.2) is 36.6 Å². The summed E-state index contributed by atoms with van der Waals surface area (Å²) in [7, 11) is 0. The lowest BCUT2D eigenvalue weighted by molar-refractivity contribution is -0.0518. The first-order chi connectivity index (χ1) is 16.8. The van der Waals surface area contributed by atoms with Gasteiger partial charge in [0.05, 0.1) is 12.9 Å². The van der Waals surface area contributed by atoms with E-state index in [0.29, 0.717) is 24.4 Å².